The molecule has 0 amide bonds. The predicted octanol–water partition coefficient (Wildman–Crippen LogP) is 3.51. The number of halogens is 1. The van der Waals surface area contributed by atoms with Crippen molar-refractivity contribution in [3.8, 4) is 5.75 Å². The van der Waals surface area contributed by atoms with E-state index in [1.807, 2.05) is 24.3 Å². The average Bonchev–Trinajstić information content (AvgIpc) is 3.23. The maximum Gasteiger partial charge on any atom is 0.325 e. The molecule has 3 heterocycles. The molecule has 0 spiro atoms. The maximum atomic E-state index is 12.8. The zero-order valence-corrected chi connectivity index (χ0v) is 22.2. The number of aromatic nitrogens is 3. The molecule has 0 bridgehead atoms. The summed E-state index contributed by atoms with van der Waals surface area (Å²) in [5, 5.41) is 0.847. The summed E-state index contributed by atoms with van der Waals surface area (Å²) in [6, 6.07) is 7.35. The normalized spacial score (nSPS) is 18.4. The van der Waals surface area contributed by atoms with E-state index in [1.54, 1.807) is 4.31 Å². The quantitative estimate of drug-likeness (QED) is 0.404. The fraction of sp³-hybridized carbons (Fsp3) is 0.600. The second-order valence-corrected chi connectivity index (χ2v) is 12.0. The van der Waals surface area contributed by atoms with Gasteiger partial charge in [0.1, 0.15) is 5.75 Å². The Labute approximate surface area is 218 Å². The van der Waals surface area contributed by atoms with Gasteiger partial charge in [-0.2, -0.15) is 4.31 Å². The van der Waals surface area contributed by atoms with E-state index in [0.29, 0.717) is 43.0 Å². The smallest absolute Gasteiger partial charge is 0.325 e. The van der Waals surface area contributed by atoms with Gasteiger partial charge in [-0.25, -0.2) is 18.2 Å². The van der Waals surface area contributed by atoms with Gasteiger partial charge >= 0.3 is 5.69 Å². The van der Waals surface area contributed by atoms with Crippen LogP contribution in [0.3, 0.4) is 0 Å². The highest BCUT2D eigenvalue weighted by molar-refractivity contribution is 7.89. The third kappa shape index (κ3) is 6.59. The van der Waals surface area contributed by atoms with E-state index in [1.165, 1.54) is 38.5 Å². The second-order valence-electron chi connectivity index (χ2n) is 9.87. The van der Waals surface area contributed by atoms with Crippen molar-refractivity contribution >= 4 is 44.5 Å². The lowest BCUT2D eigenvalue weighted by molar-refractivity contribution is 0.171. The highest BCUT2D eigenvalue weighted by Gasteiger charge is 2.27. The van der Waals surface area contributed by atoms with Crippen LogP contribution >= 0.6 is 12.4 Å². The number of pyridine rings is 1. The lowest BCUT2D eigenvalue weighted by atomic mass is 9.87. The van der Waals surface area contributed by atoms with E-state index in [-0.39, 0.29) is 23.8 Å². The lowest BCUT2D eigenvalue weighted by Crippen LogP contribution is -2.49. The summed E-state index contributed by atoms with van der Waals surface area (Å²) in [6.45, 7) is 4.24. The number of nitrogens with zero attached hydrogens (tertiary/aromatic N) is 3. The van der Waals surface area contributed by atoms with Crippen molar-refractivity contribution in [1.29, 1.82) is 0 Å². The molecule has 1 saturated carbocycles. The van der Waals surface area contributed by atoms with Crippen LogP contribution < -0.4 is 10.4 Å². The van der Waals surface area contributed by atoms with Crippen molar-refractivity contribution in [2.24, 2.45) is 5.92 Å². The minimum absolute atomic E-state index is 0. The first-order valence-corrected chi connectivity index (χ1v) is 14.4. The number of H-pyrrole nitrogens is 2. The van der Waals surface area contributed by atoms with Gasteiger partial charge in [0.25, 0.3) is 0 Å². The van der Waals surface area contributed by atoms with Crippen LogP contribution in [-0.2, 0) is 10.0 Å². The topological polar surface area (TPSA) is 111 Å². The van der Waals surface area contributed by atoms with Crippen LogP contribution in [0.15, 0.2) is 29.1 Å². The molecule has 2 aliphatic rings. The van der Waals surface area contributed by atoms with Gasteiger partial charge in [-0.3, -0.25) is 4.98 Å². The molecule has 0 atom stereocenters. The number of hydrogen-bond donors (Lipinski definition) is 2. The molecular formula is C25H36ClN5O4S. The summed E-state index contributed by atoms with van der Waals surface area (Å²) in [5.74, 6) is 1.61. The summed E-state index contributed by atoms with van der Waals surface area (Å²) < 4.78 is 33.1. The molecular weight excluding hydrogens is 502 g/mol. The molecule has 198 valence electrons. The minimum atomic E-state index is -3.27. The first-order chi connectivity index (χ1) is 17.0. The monoisotopic (exact) mass is 537 g/mol. The van der Waals surface area contributed by atoms with Crippen LogP contribution in [-0.4, -0.2) is 77.7 Å². The van der Waals surface area contributed by atoms with Gasteiger partial charge in [0.15, 0.2) is 5.65 Å². The molecule has 1 saturated heterocycles. The van der Waals surface area contributed by atoms with E-state index < -0.39 is 10.0 Å². The van der Waals surface area contributed by atoms with Crippen LogP contribution in [0.1, 0.15) is 44.9 Å². The van der Waals surface area contributed by atoms with Gasteiger partial charge in [0, 0.05) is 31.6 Å². The Balaban J connectivity index is 0.00000304. The molecule has 2 N–H and O–H groups in total. The summed E-state index contributed by atoms with van der Waals surface area (Å²) in [7, 11) is -3.27. The van der Waals surface area contributed by atoms with Crippen LogP contribution in [0.4, 0.5) is 0 Å². The number of ether oxygens (including phenoxy) is 1. The Hall–Kier alpha value is -2.14. The largest absolute Gasteiger partial charge is 0.494 e. The minimum Gasteiger partial charge on any atom is -0.494 e. The predicted molar refractivity (Wildman–Crippen MR) is 145 cm³/mol. The molecule has 1 aliphatic carbocycles. The number of rotatable bonds is 9. The number of aromatic amines is 2. The Morgan fingerprint density at radius 2 is 1.81 bits per heavy atom. The molecule has 1 aromatic carbocycles. The van der Waals surface area contributed by atoms with Crippen LogP contribution in [0.25, 0.3) is 22.1 Å². The summed E-state index contributed by atoms with van der Waals surface area (Å²) >= 11 is 0. The van der Waals surface area contributed by atoms with Gasteiger partial charge in [0.2, 0.25) is 10.0 Å². The third-order valence-corrected chi connectivity index (χ3v) is 9.34. The third-order valence-electron chi connectivity index (χ3n) is 7.38. The molecule has 1 aliphatic heterocycles. The summed E-state index contributed by atoms with van der Waals surface area (Å²) in [4.78, 5) is 23.7. The molecule has 0 radical (unpaired) electrons. The summed E-state index contributed by atoms with van der Waals surface area (Å²) in [5.41, 5.74) is 1.62. The fourth-order valence-corrected chi connectivity index (χ4v) is 6.79. The number of imidazole rings is 1. The van der Waals surface area contributed by atoms with E-state index in [9.17, 15) is 13.2 Å². The van der Waals surface area contributed by atoms with Crippen LogP contribution in [0.5, 0.6) is 5.75 Å². The van der Waals surface area contributed by atoms with Gasteiger partial charge in [-0.15, -0.1) is 12.4 Å². The first-order valence-electron chi connectivity index (χ1n) is 12.8. The number of nitrogens with one attached hydrogen (secondary N) is 2. The molecule has 36 heavy (non-hydrogen) atoms. The van der Waals surface area contributed by atoms with Gasteiger partial charge in [-0.1, -0.05) is 32.1 Å². The first kappa shape index (κ1) is 26.9. The molecule has 2 fully saturated rings. The lowest BCUT2D eigenvalue weighted by Gasteiger charge is -2.35. The Kier molecular flexibility index (Phi) is 8.92. The fourth-order valence-electron chi connectivity index (χ4n) is 5.33. The van der Waals surface area contributed by atoms with Crippen molar-refractivity contribution < 1.29 is 13.2 Å². The second kappa shape index (κ2) is 11.9. The zero-order chi connectivity index (χ0) is 24.3. The number of sulfonamides is 1. The SMILES string of the molecule is Cl.O=c1[nH]c2cc3cc(OCCCS(=O)(=O)N4CCN(CCC5CCCCC5)CC4)ccc3nc2[nH]1. The number of piperazine rings is 1. The maximum absolute atomic E-state index is 12.8. The standard InChI is InChI=1S/C25H35N5O4S.ClH/c31-25-27-23-18-20-17-21(7-8-22(20)26-24(23)28-25)34-15-4-16-35(32,33)30-13-11-29(12-14-30)10-9-19-5-2-1-3-6-19;/h7-8,17-19H,1-6,9-16H2,(H2,26,27,28,31);1H. The molecule has 11 heteroatoms. The number of fused-ring (bicyclic) bond motifs is 2. The van der Waals surface area contributed by atoms with E-state index in [0.717, 1.165) is 36.5 Å². The van der Waals surface area contributed by atoms with Crippen molar-refractivity contribution in [1.82, 2.24) is 24.2 Å². The van der Waals surface area contributed by atoms with Crippen LogP contribution in [0.2, 0.25) is 0 Å². The van der Waals surface area contributed by atoms with Crippen LogP contribution in [0, 0.1) is 5.92 Å². The van der Waals surface area contributed by atoms with Gasteiger partial charge in [0.05, 0.1) is 23.4 Å². The van der Waals surface area contributed by atoms with E-state index in [2.05, 4.69) is 19.9 Å². The van der Waals surface area contributed by atoms with E-state index in [4.69, 9.17) is 4.74 Å². The Morgan fingerprint density at radius 3 is 2.58 bits per heavy atom. The molecule has 3 aromatic rings. The van der Waals surface area contributed by atoms with Crippen molar-refractivity contribution in [2.75, 3.05) is 45.1 Å². The molecule has 9 nitrogen and oxygen atoms in total. The number of benzene rings is 1. The highest BCUT2D eigenvalue weighted by Crippen LogP contribution is 2.27. The van der Waals surface area contributed by atoms with Crippen molar-refractivity contribution in [3.63, 3.8) is 0 Å². The zero-order valence-electron chi connectivity index (χ0n) is 20.6. The Bertz CT molecular complexity index is 1310. The Morgan fingerprint density at radius 1 is 1.03 bits per heavy atom. The van der Waals surface area contributed by atoms with Gasteiger partial charge < -0.3 is 14.6 Å². The van der Waals surface area contributed by atoms with Gasteiger partial charge in [-0.05, 0) is 49.6 Å². The molecule has 2 aromatic heterocycles. The van der Waals surface area contributed by atoms with Crippen molar-refractivity contribution in [3.05, 3.63) is 34.7 Å². The highest BCUT2D eigenvalue weighted by atomic mass is 35.5. The molecule has 0 unspecified atom stereocenters. The number of hydrogen-bond acceptors (Lipinski definition) is 6. The summed E-state index contributed by atoms with van der Waals surface area (Å²) in [6.07, 6.45) is 8.55. The van der Waals surface area contributed by atoms with E-state index >= 15 is 0 Å². The average molecular weight is 538 g/mol. The molecule has 5 rings (SSSR count). The van der Waals surface area contributed by atoms with Crippen molar-refractivity contribution in [2.45, 2.75) is 44.9 Å².